The number of aromatic nitrogens is 5. The number of nitrogens with zero attached hydrogens (tertiary/aromatic N) is 4. The number of rotatable bonds is 3. The van der Waals surface area contributed by atoms with Crippen LogP contribution in [-0.2, 0) is 11.8 Å². The number of amides is 1. The van der Waals surface area contributed by atoms with Gasteiger partial charge >= 0.3 is 0 Å². The fraction of sp³-hybridized carbons (Fsp3) is 0.227. The van der Waals surface area contributed by atoms with Crippen LogP contribution in [0, 0.1) is 6.92 Å². The Morgan fingerprint density at radius 3 is 2.66 bits per heavy atom. The Hall–Kier alpha value is -4.21. The van der Waals surface area contributed by atoms with Crippen LogP contribution < -0.4 is 21.2 Å². The Kier molecular flexibility index (Phi) is 4.43. The molecular weight excluding hydrogens is 412 g/mol. The van der Waals surface area contributed by atoms with E-state index in [2.05, 4.69) is 20.6 Å². The van der Waals surface area contributed by atoms with Crippen molar-refractivity contribution >= 4 is 22.6 Å². The summed E-state index contributed by atoms with van der Waals surface area (Å²) in [5.41, 5.74) is 2.13. The number of aryl methyl sites for hydroxylation is 2. The number of methoxy groups -OCH3 is 1. The smallest absolute Gasteiger partial charge is 0.264 e. The summed E-state index contributed by atoms with van der Waals surface area (Å²) in [5, 5.41) is 14.6. The van der Waals surface area contributed by atoms with Gasteiger partial charge in [-0.3, -0.25) is 14.4 Å². The number of anilines is 1. The van der Waals surface area contributed by atoms with Gasteiger partial charge in [-0.1, -0.05) is 0 Å². The van der Waals surface area contributed by atoms with E-state index in [1.807, 2.05) is 31.2 Å². The standard InChI is InChI=1S/C22H20N6O4/c1-11-20-14(15-8-12-4-5-13(32-3)9-16(12)27(2)22(15)31)10-19(30)23-21(20)28(26-11)17-6-7-18(29)25-24-17/h4-9,14H,10H2,1-3H3,(H,23,30)(H,25,29)/t14-/m1/s1. The van der Waals surface area contributed by atoms with Crippen LogP contribution in [0.4, 0.5) is 5.82 Å². The maximum absolute atomic E-state index is 13.3. The minimum Gasteiger partial charge on any atom is -0.497 e. The summed E-state index contributed by atoms with van der Waals surface area (Å²) in [7, 11) is 3.28. The number of H-pyrrole nitrogens is 1. The lowest BCUT2D eigenvalue weighted by Crippen LogP contribution is -2.30. The number of hydrogen-bond donors (Lipinski definition) is 2. The highest BCUT2D eigenvalue weighted by atomic mass is 16.5. The molecule has 3 aromatic heterocycles. The zero-order valence-corrected chi connectivity index (χ0v) is 17.7. The second kappa shape index (κ2) is 7.19. The third-order valence-corrected chi connectivity index (χ3v) is 5.82. The number of benzene rings is 1. The topological polar surface area (TPSA) is 124 Å². The summed E-state index contributed by atoms with van der Waals surface area (Å²) in [6, 6.07) is 10.2. The maximum Gasteiger partial charge on any atom is 0.264 e. The first-order valence-electron chi connectivity index (χ1n) is 10.0. The Balaban J connectivity index is 1.72. The average Bonchev–Trinajstić information content (AvgIpc) is 3.12. The van der Waals surface area contributed by atoms with Crippen LogP contribution in [0.2, 0.25) is 0 Å². The molecule has 10 nitrogen and oxygen atoms in total. The fourth-order valence-corrected chi connectivity index (χ4v) is 4.28. The third kappa shape index (κ3) is 2.99. The molecule has 10 heteroatoms. The lowest BCUT2D eigenvalue weighted by Gasteiger charge is -2.24. The van der Waals surface area contributed by atoms with Gasteiger partial charge in [0.15, 0.2) is 5.82 Å². The number of carbonyl (C=O) groups is 1. The van der Waals surface area contributed by atoms with E-state index >= 15 is 0 Å². The number of carbonyl (C=O) groups excluding carboxylic acids is 1. The van der Waals surface area contributed by atoms with Gasteiger partial charge in [-0.15, -0.1) is 0 Å². The molecule has 162 valence electrons. The number of ether oxygens (including phenoxy) is 1. The Morgan fingerprint density at radius 2 is 1.94 bits per heavy atom. The zero-order chi connectivity index (χ0) is 22.6. The Labute approximate surface area is 181 Å². The van der Waals surface area contributed by atoms with Gasteiger partial charge < -0.3 is 14.6 Å². The van der Waals surface area contributed by atoms with Crippen LogP contribution in [0.5, 0.6) is 5.75 Å². The fourth-order valence-electron chi connectivity index (χ4n) is 4.28. The van der Waals surface area contributed by atoms with Crippen LogP contribution in [0.1, 0.15) is 29.2 Å². The van der Waals surface area contributed by atoms with E-state index in [0.29, 0.717) is 28.6 Å². The van der Waals surface area contributed by atoms with Crippen LogP contribution in [0.25, 0.3) is 16.7 Å². The highest BCUT2D eigenvalue weighted by molar-refractivity contribution is 5.95. The monoisotopic (exact) mass is 432 g/mol. The molecule has 0 bridgehead atoms. The van der Waals surface area contributed by atoms with Gasteiger partial charge in [0.2, 0.25) is 5.91 Å². The van der Waals surface area contributed by atoms with Crippen molar-refractivity contribution < 1.29 is 9.53 Å². The molecule has 0 spiro atoms. The molecule has 1 aliphatic heterocycles. The summed E-state index contributed by atoms with van der Waals surface area (Å²) < 4.78 is 8.33. The predicted octanol–water partition coefficient (Wildman–Crippen LogP) is 1.60. The van der Waals surface area contributed by atoms with Crippen molar-refractivity contribution in [3.63, 3.8) is 0 Å². The van der Waals surface area contributed by atoms with Gasteiger partial charge in [-0.25, -0.2) is 5.10 Å². The molecule has 5 rings (SSSR count). The van der Waals surface area contributed by atoms with Crippen molar-refractivity contribution in [3.8, 4) is 11.6 Å². The minimum atomic E-state index is -0.472. The summed E-state index contributed by atoms with van der Waals surface area (Å²) in [6.07, 6.45) is 0.121. The molecular formula is C22H20N6O4. The molecule has 4 aromatic rings. The minimum absolute atomic E-state index is 0.121. The molecule has 1 aliphatic rings. The van der Waals surface area contributed by atoms with Crippen molar-refractivity contribution in [1.29, 1.82) is 0 Å². The third-order valence-electron chi connectivity index (χ3n) is 5.82. The van der Waals surface area contributed by atoms with Crippen molar-refractivity contribution in [2.75, 3.05) is 12.4 Å². The van der Waals surface area contributed by atoms with Gasteiger partial charge in [0.1, 0.15) is 11.6 Å². The average molecular weight is 432 g/mol. The van der Waals surface area contributed by atoms with Gasteiger partial charge in [-0.05, 0) is 36.6 Å². The summed E-state index contributed by atoms with van der Waals surface area (Å²) >= 11 is 0. The summed E-state index contributed by atoms with van der Waals surface area (Å²) in [6.45, 7) is 1.82. The molecule has 0 unspecified atom stereocenters. The Bertz CT molecular complexity index is 1490. The van der Waals surface area contributed by atoms with Gasteiger partial charge in [-0.2, -0.15) is 14.9 Å². The predicted molar refractivity (Wildman–Crippen MR) is 118 cm³/mol. The quantitative estimate of drug-likeness (QED) is 0.507. The molecule has 32 heavy (non-hydrogen) atoms. The normalized spacial score (nSPS) is 15.5. The molecule has 0 aliphatic carbocycles. The molecule has 4 heterocycles. The number of aromatic amines is 1. The van der Waals surface area contributed by atoms with E-state index in [-0.39, 0.29) is 23.4 Å². The summed E-state index contributed by atoms with van der Waals surface area (Å²) in [5.74, 6) is 0.754. The first-order valence-corrected chi connectivity index (χ1v) is 10.0. The number of fused-ring (bicyclic) bond motifs is 2. The maximum atomic E-state index is 13.3. The van der Waals surface area contributed by atoms with Gasteiger partial charge in [0.25, 0.3) is 11.1 Å². The molecule has 1 amide bonds. The summed E-state index contributed by atoms with van der Waals surface area (Å²) in [4.78, 5) is 37.4. The molecule has 1 aromatic carbocycles. The number of hydrogen-bond acceptors (Lipinski definition) is 6. The van der Waals surface area contributed by atoms with Crippen molar-refractivity contribution in [1.82, 2.24) is 24.5 Å². The van der Waals surface area contributed by atoms with Crippen molar-refractivity contribution in [2.24, 2.45) is 7.05 Å². The first kappa shape index (κ1) is 19.7. The van der Waals surface area contributed by atoms with E-state index in [0.717, 1.165) is 16.5 Å². The lowest BCUT2D eigenvalue weighted by atomic mass is 9.86. The Morgan fingerprint density at radius 1 is 1.12 bits per heavy atom. The largest absolute Gasteiger partial charge is 0.497 e. The molecule has 0 radical (unpaired) electrons. The van der Waals surface area contributed by atoms with E-state index in [1.165, 1.54) is 16.8 Å². The molecule has 0 saturated carbocycles. The zero-order valence-electron chi connectivity index (χ0n) is 17.7. The molecule has 0 fully saturated rings. The highest BCUT2D eigenvalue weighted by Gasteiger charge is 2.34. The molecule has 2 N–H and O–H groups in total. The van der Waals surface area contributed by atoms with E-state index < -0.39 is 5.92 Å². The van der Waals surface area contributed by atoms with E-state index in [9.17, 15) is 14.4 Å². The van der Waals surface area contributed by atoms with E-state index in [1.54, 1.807) is 18.7 Å². The van der Waals surface area contributed by atoms with Crippen molar-refractivity contribution in [2.45, 2.75) is 19.3 Å². The van der Waals surface area contributed by atoms with Gasteiger partial charge in [0, 0.05) is 42.6 Å². The SMILES string of the molecule is COc1ccc2cc([C@H]3CC(=O)Nc4c3c(C)nn4-c3ccc(=O)[nH]n3)c(=O)n(C)c2c1. The van der Waals surface area contributed by atoms with Crippen LogP contribution in [-0.4, -0.2) is 37.6 Å². The van der Waals surface area contributed by atoms with E-state index in [4.69, 9.17) is 4.74 Å². The molecule has 1 atom stereocenters. The highest BCUT2D eigenvalue weighted by Crippen LogP contribution is 2.39. The van der Waals surface area contributed by atoms with Crippen LogP contribution in [0.15, 0.2) is 46.0 Å². The number of nitrogens with one attached hydrogen (secondary N) is 2. The number of pyridine rings is 1. The van der Waals surface area contributed by atoms with Crippen LogP contribution >= 0.6 is 0 Å². The molecule has 0 saturated heterocycles. The lowest BCUT2D eigenvalue weighted by molar-refractivity contribution is -0.116. The van der Waals surface area contributed by atoms with Gasteiger partial charge in [0.05, 0.1) is 18.3 Å². The van der Waals surface area contributed by atoms with Crippen molar-refractivity contribution in [3.05, 3.63) is 73.9 Å². The first-order chi connectivity index (χ1) is 15.4. The second-order valence-corrected chi connectivity index (χ2v) is 7.73. The second-order valence-electron chi connectivity index (χ2n) is 7.73. The van der Waals surface area contributed by atoms with Crippen LogP contribution in [0.3, 0.4) is 0 Å².